The van der Waals surface area contributed by atoms with Crippen LogP contribution in [0.5, 0.6) is 5.75 Å². The molecule has 1 aromatic carbocycles. The van der Waals surface area contributed by atoms with Crippen LogP contribution in [0.25, 0.3) is 0 Å². The number of hydrogen-bond donors (Lipinski definition) is 1. The molecule has 0 bridgehead atoms. The predicted molar refractivity (Wildman–Crippen MR) is 67.8 cm³/mol. The Labute approximate surface area is 105 Å². The first-order chi connectivity index (χ1) is 8.56. The summed E-state index contributed by atoms with van der Waals surface area (Å²) < 4.78 is 19.9. The monoisotopic (exact) mass is 249 g/mol. The molecule has 0 aliphatic carbocycles. The Morgan fingerprint density at radius 2 is 2.00 bits per heavy atom. The third-order valence-electron chi connectivity index (χ3n) is 2.50. The largest absolute Gasteiger partial charge is 0.487 e. The number of nitrogens with two attached hydrogens (primary N) is 1. The van der Waals surface area contributed by atoms with Crippen molar-refractivity contribution in [1.29, 1.82) is 0 Å². The van der Waals surface area contributed by atoms with Gasteiger partial charge in [-0.15, -0.1) is 0 Å². The maximum atomic E-state index is 12.7. The highest BCUT2D eigenvalue weighted by atomic mass is 19.1. The normalized spacial score (nSPS) is 10.9. The van der Waals surface area contributed by atoms with Crippen molar-refractivity contribution in [2.24, 2.45) is 0 Å². The van der Waals surface area contributed by atoms with E-state index in [1.54, 1.807) is 22.9 Å². The van der Waals surface area contributed by atoms with Gasteiger partial charge in [0.05, 0.1) is 0 Å². The van der Waals surface area contributed by atoms with E-state index in [9.17, 15) is 4.39 Å². The Morgan fingerprint density at radius 3 is 2.56 bits per heavy atom. The summed E-state index contributed by atoms with van der Waals surface area (Å²) in [5.74, 6) is 0.937. The number of rotatable bonds is 4. The lowest BCUT2D eigenvalue weighted by atomic mass is 10.3. The highest BCUT2D eigenvalue weighted by Crippen LogP contribution is 2.16. The van der Waals surface area contributed by atoms with Crippen LogP contribution in [0.3, 0.4) is 0 Å². The van der Waals surface area contributed by atoms with Crippen molar-refractivity contribution in [2.75, 3.05) is 5.73 Å². The lowest BCUT2D eigenvalue weighted by Crippen LogP contribution is -2.07. The summed E-state index contributed by atoms with van der Waals surface area (Å²) in [5.41, 5.74) is 6.58. The Balaban J connectivity index is 2.02. The van der Waals surface area contributed by atoms with Gasteiger partial charge in [0.1, 0.15) is 29.7 Å². The van der Waals surface area contributed by atoms with Gasteiger partial charge >= 0.3 is 0 Å². The molecule has 0 aliphatic rings. The van der Waals surface area contributed by atoms with Crippen molar-refractivity contribution in [2.45, 2.75) is 26.5 Å². The number of nitrogen functional groups attached to an aromatic ring is 1. The van der Waals surface area contributed by atoms with E-state index >= 15 is 0 Å². The molecule has 0 saturated heterocycles. The smallest absolute Gasteiger partial charge is 0.132 e. The van der Waals surface area contributed by atoms with E-state index in [0.717, 1.165) is 5.69 Å². The van der Waals surface area contributed by atoms with Gasteiger partial charge in [0.2, 0.25) is 0 Å². The van der Waals surface area contributed by atoms with E-state index in [4.69, 9.17) is 10.5 Å². The van der Waals surface area contributed by atoms with Gasteiger partial charge in [-0.2, -0.15) is 5.10 Å². The second-order valence-corrected chi connectivity index (χ2v) is 4.34. The summed E-state index contributed by atoms with van der Waals surface area (Å²) in [7, 11) is 0. The zero-order chi connectivity index (χ0) is 13.1. The van der Waals surface area contributed by atoms with Crippen LogP contribution in [0.4, 0.5) is 10.2 Å². The molecule has 0 atom stereocenters. The van der Waals surface area contributed by atoms with Gasteiger partial charge in [0, 0.05) is 12.1 Å². The molecule has 0 saturated carbocycles. The van der Waals surface area contributed by atoms with Crippen molar-refractivity contribution in [1.82, 2.24) is 9.78 Å². The van der Waals surface area contributed by atoms with E-state index < -0.39 is 0 Å². The Kier molecular flexibility index (Phi) is 3.50. The molecule has 2 rings (SSSR count). The SMILES string of the molecule is CC(C)n1nc(COc2ccc(F)cc2)cc1N. The Morgan fingerprint density at radius 1 is 1.33 bits per heavy atom. The van der Waals surface area contributed by atoms with Crippen LogP contribution in [0.2, 0.25) is 0 Å². The molecule has 18 heavy (non-hydrogen) atoms. The maximum Gasteiger partial charge on any atom is 0.132 e. The average Bonchev–Trinajstić information content (AvgIpc) is 2.70. The van der Waals surface area contributed by atoms with Crippen molar-refractivity contribution >= 4 is 5.82 Å². The fourth-order valence-corrected chi connectivity index (χ4v) is 1.63. The highest BCUT2D eigenvalue weighted by Gasteiger charge is 2.08. The van der Waals surface area contributed by atoms with Gasteiger partial charge in [0.25, 0.3) is 0 Å². The topological polar surface area (TPSA) is 53.1 Å². The first-order valence-electron chi connectivity index (χ1n) is 5.78. The van der Waals surface area contributed by atoms with Crippen LogP contribution in [0.1, 0.15) is 25.6 Å². The maximum absolute atomic E-state index is 12.7. The van der Waals surface area contributed by atoms with Crippen LogP contribution in [-0.4, -0.2) is 9.78 Å². The van der Waals surface area contributed by atoms with Crippen LogP contribution in [0, 0.1) is 5.82 Å². The molecule has 0 radical (unpaired) electrons. The quantitative estimate of drug-likeness (QED) is 0.906. The molecule has 5 heteroatoms. The van der Waals surface area contributed by atoms with E-state index in [-0.39, 0.29) is 11.9 Å². The van der Waals surface area contributed by atoms with Gasteiger partial charge in [-0.05, 0) is 38.1 Å². The lowest BCUT2D eigenvalue weighted by Gasteiger charge is -2.07. The first-order valence-corrected chi connectivity index (χ1v) is 5.78. The van der Waals surface area contributed by atoms with Crippen LogP contribution in [0.15, 0.2) is 30.3 Å². The predicted octanol–water partition coefficient (Wildman–Crippen LogP) is 2.76. The fraction of sp³-hybridized carbons (Fsp3) is 0.308. The molecule has 2 aromatic rings. The minimum atomic E-state index is -0.282. The second-order valence-electron chi connectivity index (χ2n) is 4.34. The Bertz CT molecular complexity index is 520. The molecule has 0 spiro atoms. The van der Waals surface area contributed by atoms with Gasteiger partial charge < -0.3 is 10.5 Å². The summed E-state index contributed by atoms with van der Waals surface area (Å²) >= 11 is 0. The zero-order valence-corrected chi connectivity index (χ0v) is 10.4. The third-order valence-corrected chi connectivity index (χ3v) is 2.50. The molecule has 0 aliphatic heterocycles. The van der Waals surface area contributed by atoms with Gasteiger partial charge in [-0.25, -0.2) is 9.07 Å². The van der Waals surface area contributed by atoms with Crippen molar-refractivity contribution in [3.05, 3.63) is 41.8 Å². The van der Waals surface area contributed by atoms with Crippen LogP contribution >= 0.6 is 0 Å². The Hall–Kier alpha value is -2.04. The van der Waals surface area contributed by atoms with Crippen LogP contribution in [-0.2, 0) is 6.61 Å². The number of nitrogens with zero attached hydrogens (tertiary/aromatic N) is 2. The third kappa shape index (κ3) is 2.80. The van der Waals surface area contributed by atoms with Gasteiger partial charge in [-0.1, -0.05) is 0 Å². The minimum absolute atomic E-state index is 0.213. The minimum Gasteiger partial charge on any atom is -0.487 e. The molecular formula is C13H16FN3O. The number of anilines is 1. The molecule has 0 amide bonds. The summed E-state index contributed by atoms with van der Waals surface area (Å²) in [6.45, 7) is 4.33. The van der Waals surface area contributed by atoms with E-state index in [1.807, 2.05) is 13.8 Å². The summed E-state index contributed by atoms with van der Waals surface area (Å²) in [5, 5.41) is 4.33. The number of ether oxygens (including phenoxy) is 1. The molecule has 4 nitrogen and oxygen atoms in total. The van der Waals surface area contributed by atoms with E-state index in [1.165, 1.54) is 12.1 Å². The molecule has 96 valence electrons. The van der Waals surface area contributed by atoms with Gasteiger partial charge in [-0.3, -0.25) is 0 Å². The van der Waals surface area contributed by atoms with Crippen LogP contribution < -0.4 is 10.5 Å². The lowest BCUT2D eigenvalue weighted by molar-refractivity contribution is 0.298. The number of benzene rings is 1. The molecule has 2 N–H and O–H groups in total. The first kappa shape index (κ1) is 12.4. The van der Waals surface area contributed by atoms with E-state index in [2.05, 4.69) is 5.10 Å². The highest BCUT2D eigenvalue weighted by molar-refractivity contribution is 5.31. The molecule has 0 fully saturated rings. The average molecular weight is 249 g/mol. The number of hydrogen-bond acceptors (Lipinski definition) is 3. The fourth-order valence-electron chi connectivity index (χ4n) is 1.63. The molecular weight excluding hydrogens is 233 g/mol. The number of aromatic nitrogens is 2. The standard InChI is InChI=1S/C13H16FN3O/c1-9(2)17-13(15)7-11(16-17)8-18-12-5-3-10(14)4-6-12/h3-7,9H,8,15H2,1-2H3. The van der Waals surface area contributed by atoms with Crippen molar-refractivity contribution in [3.63, 3.8) is 0 Å². The summed E-state index contributed by atoms with van der Waals surface area (Å²) in [6, 6.07) is 7.87. The zero-order valence-electron chi connectivity index (χ0n) is 10.4. The van der Waals surface area contributed by atoms with Gasteiger partial charge in [0.15, 0.2) is 0 Å². The van der Waals surface area contributed by atoms with Crippen molar-refractivity contribution in [3.8, 4) is 5.75 Å². The van der Waals surface area contributed by atoms with E-state index in [0.29, 0.717) is 18.2 Å². The summed E-state index contributed by atoms with van der Waals surface area (Å²) in [6.07, 6.45) is 0. The molecule has 1 heterocycles. The molecule has 1 aromatic heterocycles. The molecule has 0 unspecified atom stereocenters. The van der Waals surface area contributed by atoms with Crippen molar-refractivity contribution < 1.29 is 9.13 Å². The summed E-state index contributed by atoms with van der Waals surface area (Å²) in [4.78, 5) is 0. The second kappa shape index (κ2) is 5.08. The number of halogens is 1.